The van der Waals surface area contributed by atoms with Crippen LogP contribution in [0.4, 0.5) is 5.82 Å². The van der Waals surface area contributed by atoms with Gasteiger partial charge in [-0.25, -0.2) is 14.8 Å². The van der Waals surface area contributed by atoms with Crippen LogP contribution in [0.1, 0.15) is 19.8 Å². The Morgan fingerprint density at radius 2 is 2.25 bits per heavy atom. The zero-order valence-corrected chi connectivity index (χ0v) is 14.5. The number of fused-ring (bicyclic) bond motifs is 1. The van der Waals surface area contributed by atoms with E-state index < -0.39 is 12.0 Å². The third-order valence-electron chi connectivity index (χ3n) is 4.60. The predicted molar refractivity (Wildman–Crippen MR) is 92.2 cm³/mol. The van der Waals surface area contributed by atoms with Gasteiger partial charge in [0.15, 0.2) is 0 Å². The maximum Gasteiger partial charge on any atom is 0.326 e. The molecule has 2 aromatic rings. The molecule has 2 unspecified atom stereocenters. The molecular weight excluding hydrogens is 328 g/mol. The maximum absolute atomic E-state index is 12.6. The second-order valence-electron chi connectivity index (χ2n) is 6.09. The molecule has 3 rings (SSSR count). The first-order valence-corrected chi connectivity index (χ1v) is 8.79. The summed E-state index contributed by atoms with van der Waals surface area (Å²) in [6, 6.07) is 1.18. The Bertz CT molecular complexity index is 763. The number of hydrogen-bond donors (Lipinski definition) is 1. The van der Waals surface area contributed by atoms with Crippen molar-refractivity contribution in [1.29, 1.82) is 0 Å². The molecule has 7 nitrogen and oxygen atoms in total. The van der Waals surface area contributed by atoms with Crippen molar-refractivity contribution in [2.45, 2.75) is 25.8 Å². The maximum atomic E-state index is 12.6. The van der Waals surface area contributed by atoms with Crippen molar-refractivity contribution in [1.82, 2.24) is 14.9 Å². The monoisotopic (exact) mass is 348 g/mol. The topological polar surface area (TPSA) is 86.6 Å². The third kappa shape index (κ3) is 3.06. The highest BCUT2D eigenvalue weighted by molar-refractivity contribution is 7.16. The van der Waals surface area contributed by atoms with Crippen LogP contribution >= 0.6 is 11.3 Å². The first-order valence-electron chi connectivity index (χ1n) is 7.91. The van der Waals surface area contributed by atoms with Crippen LogP contribution in [-0.4, -0.2) is 58.0 Å². The minimum Gasteiger partial charge on any atom is -0.480 e. The normalized spacial score (nSPS) is 19.2. The second kappa shape index (κ2) is 6.72. The summed E-state index contributed by atoms with van der Waals surface area (Å²) in [7, 11) is 1.56. The van der Waals surface area contributed by atoms with E-state index >= 15 is 0 Å². The number of rotatable bonds is 4. The molecule has 1 aliphatic rings. The standard InChI is InChI=1S/C16H20N4O3S/c1-10(16(22)23)19(2)15(21)11-4-3-6-20(8-11)13-12-5-7-24-14(12)18-9-17-13/h5,7,9-11H,3-4,6,8H2,1-2H3,(H,22,23). The van der Waals surface area contributed by atoms with Gasteiger partial charge in [-0.15, -0.1) is 11.3 Å². The molecule has 1 amide bonds. The number of nitrogens with zero attached hydrogens (tertiary/aromatic N) is 4. The Balaban J connectivity index is 1.78. The minimum atomic E-state index is -0.991. The molecule has 1 saturated heterocycles. The van der Waals surface area contributed by atoms with Crippen LogP contribution in [0.15, 0.2) is 17.8 Å². The van der Waals surface area contributed by atoms with Gasteiger partial charge in [0.25, 0.3) is 0 Å². The lowest BCUT2D eigenvalue weighted by atomic mass is 9.96. The first-order chi connectivity index (χ1) is 11.5. The largest absolute Gasteiger partial charge is 0.480 e. The highest BCUT2D eigenvalue weighted by Gasteiger charge is 2.32. The minimum absolute atomic E-state index is 0.120. The number of piperidine rings is 1. The van der Waals surface area contributed by atoms with E-state index in [0.29, 0.717) is 6.54 Å². The van der Waals surface area contributed by atoms with Crippen molar-refractivity contribution in [2.24, 2.45) is 5.92 Å². The molecule has 1 fully saturated rings. The SMILES string of the molecule is CC(C(=O)O)N(C)C(=O)C1CCCN(c2ncnc3sccc23)C1. The summed E-state index contributed by atoms with van der Waals surface area (Å²) < 4.78 is 0. The van der Waals surface area contributed by atoms with E-state index in [-0.39, 0.29) is 11.8 Å². The van der Waals surface area contributed by atoms with Crippen molar-refractivity contribution in [2.75, 3.05) is 25.0 Å². The number of carbonyl (C=O) groups excluding carboxylic acids is 1. The van der Waals surface area contributed by atoms with Gasteiger partial charge in [-0.3, -0.25) is 4.79 Å². The highest BCUT2D eigenvalue weighted by atomic mass is 32.1. The Hall–Kier alpha value is -2.22. The van der Waals surface area contributed by atoms with Gasteiger partial charge in [0.2, 0.25) is 5.91 Å². The summed E-state index contributed by atoms with van der Waals surface area (Å²) in [6.07, 6.45) is 3.20. The number of anilines is 1. The van der Waals surface area contributed by atoms with Crippen LogP contribution in [-0.2, 0) is 9.59 Å². The lowest BCUT2D eigenvalue weighted by Gasteiger charge is -2.35. The van der Waals surface area contributed by atoms with Crippen LogP contribution in [0.25, 0.3) is 10.2 Å². The van der Waals surface area contributed by atoms with Gasteiger partial charge in [-0.1, -0.05) is 0 Å². The van der Waals surface area contributed by atoms with E-state index in [1.54, 1.807) is 24.7 Å². The fourth-order valence-corrected chi connectivity index (χ4v) is 3.77. The molecule has 2 atom stereocenters. The Morgan fingerprint density at radius 1 is 1.46 bits per heavy atom. The summed E-state index contributed by atoms with van der Waals surface area (Å²) in [5.74, 6) is -0.471. The van der Waals surface area contributed by atoms with E-state index in [0.717, 1.165) is 35.4 Å². The number of carbonyl (C=O) groups is 2. The van der Waals surface area contributed by atoms with E-state index in [2.05, 4.69) is 14.9 Å². The van der Waals surface area contributed by atoms with Gasteiger partial charge < -0.3 is 14.9 Å². The Labute approximate surface area is 143 Å². The number of carboxylic acid groups (broad SMARTS) is 1. The van der Waals surface area contributed by atoms with E-state index in [4.69, 9.17) is 5.11 Å². The van der Waals surface area contributed by atoms with E-state index in [9.17, 15) is 9.59 Å². The van der Waals surface area contributed by atoms with Gasteiger partial charge in [0.05, 0.1) is 11.3 Å². The number of aliphatic carboxylic acids is 1. The molecule has 3 heterocycles. The summed E-state index contributed by atoms with van der Waals surface area (Å²) in [5.41, 5.74) is 0. The zero-order chi connectivity index (χ0) is 17.3. The molecule has 24 heavy (non-hydrogen) atoms. The molecule has 2 aromatic heterocycles. The Morgan fingerprint density at radius 3 is 3.00 bits per heavy atom. The third-order valence-corrected chi connectivity index (χ3v) is 5.42. The quantitative estimate of drug-likeness (QED) is 0.907. The number of hydrogen-bond acceptors (Lipinski definition) is 6. The van der Waals surface area contributed by atoms with E-state index in [1.807, 2.05) is 11.4 Å². The van der Waals surface area contributed by atoms with Gasteiger partial charge in [0, 0.05) is 20.1 Å². The highest BCUT2D eigenvalue weighted by Crippen LogP contribution is 2.30. The molecule has 1 N–H and O–H groups in total. The summed E-state index contributed by atoms with van der Waals surface area (Å²) >= 11 is 1.57. The number of likely N-dealkylation sites (N-methyl/N-ethyl adjacent to an activating group) is 1. The number of amides is 1. The van der Waals surface area contributed by atoms with Gasteiger partial charge in [-0.2, -0.15) is 0 Å². The molecule has 128 valence electrons. The van der Waals surface area contributed by atoms with E-state index in [1.165, 1.54) is 11.8 Å². The van der Waals surface area contributed by atoms with Gasteiger partial charge in [0.1, 0.15) is 23.0 Å². The van der Waals surface area contributed by atoms with Crippen LogP contribution in [0.2, 0.25) is 0 Å². The molecule has 0 radical (unpaired) electrons. The zero-order valence-electron chi connectivity index (χ0n) is 13.7. The summed E-state index contributed by atoms with van der Waals surface area (Å²) in [6.45, 7) is 2.92. The first kappa shape index (κ1) is 16.6. The molecule has 0 spiro atoms. The molecule has 0 aliphatic carbocycles. The summed E-state index contributed by atoms with van der Waals surface area (Å²) in [4.78, 5) is 36.8. The number of carboxylic acids is 1. The van der Waals surface area contributed by atoms with Crippen molar-refractivity contribution >= 4 is 39.2 Å². The Kier molecular flexibility index (Phi) is 4.66. The lowest BCUT2D eigenvalue weighted by molar-refractivity contribution is -0.150. The van der Waals surface area contributed by atoms with Crippen molar-refractivity contribution in [3.05, 3.63) is 17.8 Å². The molecule has 0 saturated carbocycles. The molecular formula is C16H20N4O3S. The molecule has 1 aliphatic heterocycles. The average Bonchev–Trinajstić information content (AvgIpc) is 3.08. The second-order valence-corrected chi connectivity index (χ2v) is 6.98. The fourth-order valence-electron chi connectivity index (χ4n) is 3.04. The van der Waals surface area contributed by atoms with Crippen LogP contribution in [0, 0.1) is 5.92 Å². The fraction of sp³-hybridized carbons (Fsp3) is 0.500. The van der Waals surface area contributed by atoms with Crippen molar-refractivity contribution in [3.63, 3.8) is 0 Å². The summed E-state index contributed by atoms with van der Waals surface area (Å²) in [5, 5.41) is 12.1. The smallest absolute Gasteiger partial charge is 0.326 e. The van der Waals surface area contributed by atoms with Crippen molar-refractivity contribution < 1.29 is 14.7 Å². The predicted octanol–water partition coefficient (Wildman–Crippen LogP) is 1.84. The van der Waals surface area contributed by atoms with Crippen LogP contribution in [0.3, 0.4) is 0 Å². The van der Waals surface area contributed by atoms with Gasteiger partial charge in [-0.05, 0) is 31.2 Å². The number of thiophene rings is 1. The lowest BCUT2D eigenvalue weighted by Crippen LogP contribution is -2.48. The molecule has 8 heteroatoms. The van der Waals surface area contributed by atoms with Crippen LogP contribution < -0.4 is 4.90 Å². The molecule has 0 bridgehead atoms. The molecule has 0 aromatic carbocycles. The van der Waals surface area contributed by atoms with Gasteiger partial charge >= 0.3 is 5.97 Å². The number of aromatic nitrogens is 2. The van der Waals surface area contributed by atoms with Crippen molar-refractivity contribution in [3.8, 4) is 0 Å². The van der Waals surface area contributed by atoms with Crippen LogP contribution in [0.5, 0.6) is 0 Å². The average molecular weight is 348 g/mol.